The second-order valence-electron chi connectivity index (χ2n) is 8.48. The molecule has 2 nitrogen and oxygen atoms in total. The molecule has 0 aromatic heterocycles. The highest BCUT2D eigenvalue weighted by Crippen LogP contribution is 2.28. The molecule has 3 rings (SSSR count). The first-order valence-corrected chi connectivity index (χ1v) is 10.9. The minimum atomic E-state index is -0.196. The van der Waals surface area contributed by atoms with Crippen LogP contribution in [0.2, 0.25) is 0 Å². The highest BCUT2D eigenvalue weighted by Gasteiger charge is 2.12. The molecule has 0 aliphatic rings. The van der Waals surface area contributed by atoms with E-state index in [4.69, 9.17) is 0 Å². The van der Waals surface area contributed by atoms with Gasteiger partial charge < -0.3 is 10.6 Å². The van der Waals surface area contributed by atoms with Crippen LogP contribution in [0.15, 0.2) is 61.2 Å². The van der Waals surface area contributed by atoms with Gasteiger partial charge in [-0.2, -0.15) is 0 Å². The SMILES string of the molecule is C=C(Nc1cccc(NC(C)CC)c1)c1cc(C)c(C)cc1Cc1ccc(F)cc1C. The number of nitrogens with one attached hydrogen (secondary N) is 2. The number of benzene rings is 3. The van der Waals surface area contributed by atoms with E-state index >= 15 is 0 Å². The van der Waals surface area contributed by atoms with Crippen molar-refractivity contribution in [2.75, 3.05) is 10.6 Å². The third kappa shape index (κ3) is 5.75. The molecule has 0 amide bonds. The number of anilines is 2. The van der Waals surface area contributed by atoms with Crippen LogP contribution < -0.4 is 10.6 Å². The zero-order valence-electron chi connectivity index (χ0n) is 19.3. The van der Waals surface area contributed by atoms with E-state index in [9.17, 15) is 4.39 Å². The first-order valence-electron chi connectivity index (χ1n) is 10.9. The average molecular weight is 417 g/mol. The fourth-order valence-corrected chi connectivity index (χ4v) is 3.68. The molecule has 1 unspecified atom stereocenters. The summed E-state index contributed by atoms with van der Waals surface area (Å²) in [5.74, 6) is -0.196. The van der Waals surface area contributed by atoms with Crippen molar-refractivity contribution < 1.29 is 4.39 Å². The number of rotatable bonds is 8. The molecule has 0 spiro atoms. The highest BCUT2D eigenvalue weighted by molar-refractivity contribution is 5.79. The second-order valence-corrected chi connectivity index (χ2v) is 8.48. The summed E-state index contributed by atoms with van der Waals surface area (Å²) in [6.45, 7) is 14.9. The van der Waals surface area contributed by atoms with Crippen molar-refractivity contribution in [3.05, 3.63) is 100 Å². The average Bonchev–Trinajstić information content (AvgIpc) is 2.72. The quantitative estimate of drug-likeness (QED) is 0.394. The van der Waals surface area contributed by atoms with E-state index in [2.05, 4.69) is 75.2 Å². The van der Waals surface area contributed by atoms with Crippen LogP contribution in [0.3, 0.4) is 0 Å². The lowest BCUT2D eigenvalue weighted by Gasteiger charge is -2.19. The predicted octanol–water partition coefficient (Wildman–Crippen LogP) is 7.63. The maximum atomic E-state index is 13.6. The highest BCUT2D eigenvalue weighted by atomic mass is 19.1. The van der Waals surface area contributed by atoms with E-state index in [1.807, 2.05) is 19.1 Å². The zero-order valence-corrected chi connectivity index (χ0v) is 19.3. The summed E-state index contributed by atoms with van der Waals surface area (Å²) in [6, 6.07) is 18.1. The molecular formula is C28H33FN2. The third-order valence-corrected chi connectivity index (χ3v) is 5.91. The molecule has 3 aromatic rings. The van der Waals surface area contributed by atoms with E-state index in [1.54, 1.807) is 6.07 Å². The summed E-state index contributed by atoms with van der Waals surface area (Å²) < 4.78 is 13.6. The molecule has 0 saturated heterocycles. The third-order valence-electron chi connectivity index (χ3n) is 5.91. The maximum Gasteiger partial charge on any atom is 0.123 e. The standard InChI is InChI=1S/C28H33FN2/c1-7-21(5)30-26-9-8-10-27(17-26)31-22(6)28-15-19(3)18(2)13-24(28)16-23-11-12-25(29)14-20(23)4/h8-15,17,21,30-31H,6-7,16H2,1-5H3. The normalized spacial score (nSPS) is 11.8. The molecule has 0 fully saturated rings. The maximum absolute atomic E-state index is 13.6. The first kappa shape index (κ1) is 22.6. The molecular weight excluding hydrogens is 383 g/mol. The van der Waals surface area contributed by atoms with Gasteiger partial charge in [-0.05, 0) is 105 Å². The van der Waals surface area contributed by atoms with Crippen molar-refractivity contribution in [1.82, 2.24) is 0 Å². The van der Waals surface area contributed by atoms with E-state index in [0.29, 0.717) is 6.04 Å². The summed E-state index contributed by atoms with van der Waals surface area (Å²) in [4.78, 5) is 0. The van der Waals surface area contributed by atoms with Gasteiger partial charge >= 0.3 is 0 Å². The molecule has 2 N–H and O–H groups in total. The molecule has 0 radical (unpaired) electrons. The lowest BCUT2D eigenvalue weighted by atomic mass is 9.92. The Morgan fingerprint density at radius 2 is 1.61 bits per heavy atom. The summed E-state index contributed by atoms with van der Waals surface area (Å²) in [5, 5.41) is 7.01. The van der Waals surface area contributed by atoms with Gasteiger partial charge in [-0.25, -0.2) is 4.39 Å². The Kier molecular flexibility index (Phi) is 7.17. The summed E-state index contributed by atoms with van der Waals surface area (Å²) in [7, 11) is 0. The molecule has 0 heterocycles. The Morgan fingerprint density at radius 1 is 0.903 bits per heavy atom. The van der Waals surface area contributed by atoms with Gasteiger partial charge in [0, 0.05) is 28.7 Å². The van der Waals surface area contributed by atoms with Gasteiger partial charge in [0.25, 0.3) is 0 Å². The van der Waals surface area contributed by atoms with Crippen LogP contribution in [0.1, 0.15) is 53.6 Å². The van der Waals surface area contributed by atoms with E-state index < -0.39 is 0 Å². The molecule has 0 saturated carbocycles. The van der Waals surface area contributed by atoms with E-state index in [1.165, 1.54) is 22.8 Å². The lowest BCUT2D eigenvalue weighted by Crippen LogP contribution is -2.13. The van der Waals surface area contributed by atoms with Crippen LogP contribution in [0.4, 0.5) is 15.8 Å². The molecule has 31 heavy (non-hydrogen) atoms. The van der Waals surface area contributed by atoms with Gasteiger partial charge in [0.05, 0.1) is 0 Å². The van der Waals surface area contributed by atoms with Gasteiger partial charge in [0.2, 0.25) is 0 Å². The summed E-state index contributed by atoms with van der Waals surface area (Å²) in [6.07, 6.45) is 1.80. The number of halogens is 1. The summed E-state index contributed by atoms with van der Waals surface area (Å²) in [5.41, 5.74) is 9.78. The van der Waals surface area contributed by atoms with Crippen LogP contribution in [-0.4, -0.2) is 6.04 Å². The van der Waals surface area contributed by atoms with Gasteiger partial charge in [0.15, 0.2) is 0 Å². The molecule has 162 valence electrons. The molecule has 0 aliphatic heterocycles. The van der Waals surface area contributed by atoms with Crippen molar-refractivity contribution in [2.45, 2.75) is 53.5 Å². The molecule has 1 atom stereocenters. The molecule has 0 aliphatic carbocycles. The topological polar surface area (TPSA) is 24.1 Å². The number of hydrogen-bond acceptors (Lipinski definition) is 2. The van der Waals surface area contributed by atoms with Gasteiger partial charge in [-0.1, -0.05) is 31.7 Å². The first-order chi connectivity index (χ1) is 14.8. The second kappa shape index (κ2) is 9.82. The van der Waals surface area contributed by atoms with Crippen molar-refractivity contribution in [3.8, 4) is 0 Å². The Balaban J connectivity index is 1.88. The molecule has 3 aromatic carbocycles. The minimum absolute atomic E-state index is 0.196. The number of aryl methyl sites for hydroxylation is 3. The smallest absolute Gasteiger partial charge is 0.123 e. The van der Waals surface area contributed by atoms with Crippen molar-refractivity contribution >= 4 is 17.1 Å². The Morgan fingerprint density at radius 3 is 2.32 bits per heavy atom. The van der Waals surface area contributed by atoms with E-state index in [0.717, 1.165) is 46.6 Å². The molecule has 0 bridgehead atoms. The van der Waals surface area contributed by atoms with Crippen LogP contribution in [-0.2, 0) is 6.42 Å². The Bertz CT molecular complexity index is 1080. The Labute approximate surface area is 186 Å². The fourth-order valence-electron chi connectivity index (χ4n) is 3.68. The van der Waals surface area contributed by atoms with Gasteiger partial charge in [-0.3, -0.25) is 0 Å². The van der Waals surface area contributed by atoms with Crippen molar-refractivity contribution in [1.29, 1.82) is 0 Å². The van der Waals surface area contributed by atoms with Crippen LogP contribution >= 0.6 is 0 Å². The van der Waals surface area contributed by atoms with Crippen molar-refractivity contribution in [3.63, 3.8) is 0 Å². The van der Waals surface area contributed by atoms with Crippen LogP contribution in [0.25, 0.3) is 5.70 Å². The van der Waals surface area contributed by atoms with Crippen LogP contribution in [0, 0.1) is 26.6 Å². The van der Waals surface area contributed by atoms with Gasteiger partial charge in [-0.15, -0.1) is 0 Å². The van der Waals surface area contributed by atoms with Crippen molar-refractivity contribution in [2.24, 2.45) is 0 Å². The number of hydrogen-bond donors (Lipinski definition) is 2. The summed E-state index contributed by atoms with van der Waals surface area (Å²) >= 11 is 0. The predicted molar refractivity (Wildman–Crippen MR) is 132 cm³/mol. The Hall–Kier alpha value is -3.07. The molecule has 3 heteroatoms. The monoisotopic (exact) mass is 416 g/mol. The fraction of sp³-hybridized carbons (Fsp3) is 0.286. The largest absolute Gasteiger partial charge is 0.383 e. The van der Waals surface area contributed by atoms with Crippen LogP contribution in [0.5, 0.6) is 0 Å². The van der Waals surface area contributed by atoms with Gasteiger partial charge in [0.1, 0.15) is 5.82 Å². The minimum Gasteiger partial charge on any atom is -0.383 e. The lowest BCUT2D eigenvalue weighted by molar-refractivity contribution is 0.626. The zero-order chi connectivity index (χ0) is 22.5. The van der Waals surface area contributed by atoms with E-state index in [-0.39, 0.29) is 5.82 Å².